The van der Waals surface area contributed by atoms with Gasteiger partial charge in [-0.1, -0.05) is 20.3 Å². The van der Waals surface area contributed by atoms with Crippen LogP contribution < -0.4 is 0 Å². The molecule has 0 spiro atoms. The Balaban J connectivity index is 3.83. The molecule has 2 nitrogen and oxygen atoms in total. The fraction of sp³-hybridized carbons (Fsp3) is 1.00. The zero-order chi connectivity index (χ0) is 11.2. The van der Waals surface area contributed by atoms with Crippen LogP contribution in [0.15, 0.2) is 0 Å². The summed E-state index contributed by atoms with van der Waals surface area (Å²) < 4.78 is 0. The molecule has 0 amide bonds. The predicted octanol–water partition coefficient (Wildman–Crippen LogP) is 2.72. The van der Waals surface area contributed by atoms with Crippen LogP contribution in [0.1, 0.15) is 59.8 Å². The van der Waals surface area contributed by atoms with Crippen molar-refractivity contribution in [3.8, 4) is 0 Å². The highest BCUT2D eigenvalue weighted by molar-refractivity contribution is 4.73. The third kappa shape index (κ3) is 6.39. The standard InChI is InChI=1S/C12H26O2/c1-5-11(9-10(3)13)7-8-12(4,14)6-2/h10-11,13-14H,5-9H2,1-4H3. The first-order valence-electron chi connectivity index (χ1n) is 5.81. The van der Waals surface area contributed by atoms with Gasteiger partial charge in [-0.2, -0.15) is 0 Å². The van der Waals surface area contributed by atoms with Gasteiger partial charge in [0.1, 0.15) is 0 Å². The maximum absolute atomic E-state index is 9.84. The lowest BCUT2D eigenvalue weighted by Crippen LogP contribution is -2.24. The van der Waals surface area contributed by atoms with E-state index in [1.807, 2.05) is 20.8 Å². The van der Waals surface area contributed by atoms with Crippen molar-refractivity contribution in [2.45, 2.75) is 71.5 Å². The van der Waals surface area contributed by atoms with E-state index in [4.69, 9.17) is 0 Å². The van der Waals surface area contributed by atoms with Crippen LogP contribution in [0.5, 0.6) is 0 Å². The van der Waals surface area contributed by atoms with Gasteiger partial charge < -0.3 is 10.2 Å². The highest BCUT2D eigenvalue weighted by Crippen LogP contribution is 2.24. The molecule has 0 heterocycles. The fourth-order valence-electron chi connectivity index (χ4n) is 1.66. The normalized spacial score (nSPS) is 20.1. The summed E-state index contributed by atoms with van der Waals surface area (Å²) in [5.74, 6) is 0.549. The molecule has 0 rings (SSSR count). The predicted molar refractivity (Wildman–Crippen MR) is 60.2 cm³/mol. The summed E-state index contributed by atoms with van der Waals surface area (Å²) in [6.45, 7) is 7.88. The van der Waals surface area contributed by atoms with Crippen LogP contribution >= 0.6 is 0 Å². The molecule has 0 aromatic carbocycles. The minimum absolute atomic E-state index is 0.216. The molecule has 0 aliphatic carbocycles. The molecule has 0 aromatic heterocycles. The molecule has 2 heteroatoms. The summed E-state index contributed by atoms with van der Waals surface area (Å²) in [5, 5.41) is 19.1. The van der Waals surface area contributed by atoms with Gasteiger partial charge in [0.2, 0.25) is 0 Å². The molecule has 14 heavy (non-hydrogen) atoms. The van der Waals surface area contributed by atoms with E-state index in [-0.39, 0.29) is 6.10 Å². The van der Waals surface area contributed by atoms with Gasteiger partial charge >= 0.3 is 0 Å². The zero-order valence-corrected chi connectivity index (χ0v) is 10.1. The van der Waals surface area contributed by atoms with E-state index < -0.39 is 5.60 Å². The monoisotopic (exact) mass is 202 g/mol. The molecule has 0 aromatic rings. The van der Waals surface area contributed by atoms with E-state index in [1.165, 1.54) is 0 Å². The number of aliphatic hydroxyl groups excluding tert-OH is 1. The summed E-state index contributed by atoms with van der Waals surface area (Å²) in [7, 11) is 0. The van der Waals surface area contributed by atoms with E-state index in [9.17, 15) is 10.2 Å². The van der Waals surface area contributed by atoms with Crippen LogP contribution in [0.3, 0.4) is 0 Å². The van der Waals surface area contributed by atoms with Crippen LogP contribution in [0, 0.1) is 5.92 Å². The van der Waals surface area contributed by atoms with Crippen LogP contribution in [0.25, 0.3) is 0 Å². The first-order valence-corrected chi connectivity index (χ1v) is 5.81. The third-order valence-corrected chi connectivity index (χ3v) is 3.10. The van der Waals surface area contributed by atoms with Crippen molar-refractivity contribution in [3.63, 3.8) is 0 Å². The van der Waals surface area contributed by atoms with Crippen molar-refractivity contribution in [2.75, 3.05) is 0 Å². The Labute approximate surface area is 88.3 Å². The van der Waals surface area contributed by atoms with Crippen molar-refractivity contribution in [3.05, 3.63) is 0 Å². The van der Waals surface area contributed by atoms with E-state index >= 15 is 0 Å². The highest BCUT2D eigenvalue weighted by atomic mass is 16.3. The van der Waals surface area contributed by atoms with Crippen molar-refractivity contribution in [1.82, 2.24) is 0 Å². The fourth-order valence-corrected chi connectivity index (χ4v) is 1.66. The minimum Gasteiger partial charge on any atom is -0.393 e. The molecule has 3 unspecified atom stereocenters. The SMILES string of the molecule is CCC(CCC(C)(O)CC)CC(C)O. The summed E-state index contributed by atoms with van der Waals surface area (Å²) in [6.07, 6.45) is 4.39. The molecule has 0 aliphatic heterocycles. The van der Waals surface area contributed by atoms with Crippen molar-refractivity contribution in [1.29, 1.82) is 0 Å². The van der Waals surface area contributed by atoms with Crippen molar-refractivity contribution >= 4 is 0 Å². The lowest BCUT2D eigenvalue weighted by molar-refractivity contribution is 0.0368. The van der Waals surface area contributed by atoms with Gasteiger partial charge in [0, 0.05) is 0 Å². The molecule has 0 radical (unpaired) electrons. The van der Waals surface area contributed by atoms with Crippen LogP contribution in [-0.4, -0.2) is 21.9 Å². The minimum atomic E-state index is -0.522. The molecule has 2 N–H and O–H groups in total. The Bertz CT molecular complexity index is 141. The van der Waals surface area contributed by atoms with Gasteiger partial charge in [0.25, 0.3) is 0 Å². The van der Waals surface area contributed by atoms with E-state index in [1.54, 1.807) is 0 Å². The summed E-state index contributed by atoms with van der Waals surface area (Å²) in [4.78, 5) is 0. The van der Waals surface area contributed by atoms with Crippen LogP contribution in [0.4, 0.5) is 0 Å². The Kier molecular flexibility index (Phi) is 6.38. The van der Waals surface area contributed by atoms with Crippen molar-refractivity contribution < 1.29 is 10.2 Å². The van der Waals surface area contributed by atoms with Gasteiger partial charge in [-0.3, -0.25) is 0 Å². The molecule has 3 atom stereocenters. The van der Waals surface area contributed by atoms with E-state index in [2.05, 4.69) is 6.92 Å². The summed E-state index contributed by atoms with van der Waals surface area (Å²) >= 11 is 0. The third-order valence-electron chi connectivity index (χ3n) is 3.10. The first-order chi connectivity index (χ1) is 6.41. The molecule has 0 aliphatic rings. The number of hydrogen-bond acceptors (Lipinski definition) is 2. The Morgan fingerprint density at radius 3 is 2.21 bits per heavy atom. The molecule has 0 bridgehead atoms. The maximum atomic E-state index is 9.84. The Morgan fingerprint density at radius 1 is 1.29 bits per heavy atom. The van der Waals surface area contributed by atoms with Gasteiger partial charge in [-0.05, 0) is 45.4 Å². The molecule has 0 fully saturated rings. The van der Waals surface area contributed by atoms with Crippen molar-refractivity contribution in [2.24, 2.45) is 5.92 Å². The second-order valence-corrected chi connectivity index (χ2v) is 4.75. The second kappa shape index (κ2) is 6.41. The Hall–Kier alpha value is -0.0800. The van der Waals surface area contributed by atoms with E-state index in [0.717, 1.165) is 32.1 Å². The first kappa shape index (κ1) is 13.9. The van der Waals surface area contributed by atoms with Gasteiger partial charge in [-0.25, -0.2) is 0 Å². The maximum Gasteiger partial charge on any atom is 0.0617 e. The smallest absolute Gasteiger partial charge is 0.0617 e. The lowest BCUT2D eigenvalue weighted by Gasteiger charge is -2.24. The van der Waals surface area contributed by atoms with Gasteiger partial charge in [-0.15, -0.1) is 0 Å². The lowest BCUT2D eigenvalue weighted by atomic mass is 9.88. The van der Waals surface area contributed by atoms with Crippen LogP contribution in [0.2, 0.25) is 0 Å². The zero-order valence-electron chi connectivity index (χ0n) is 10.1. The number of hydrogen-bond donors (Lipinski definition) is 2. The second-order valence-electron chi connectivity index (χ2n) is 4.75. The summed E-state index contributed by atoms with van der Waals surface area (Å²) in [5.41, 5.74) is -0.522. The van der Waals surface area contributed by atoms with Crippen LogP contribution in [-0.2, 0) is 0 Å². The van der Waals surface area contributed by atoms with E-state index in [0.29, 0.717) is 5.92 Å². The summed E-state index contributed by atoms with van der Waals surface area (Å²) in [6, 6.07) is 0. The molecular weight excluding hydrogens is 176 g/mol. The quantitative estimate of drug-likeness (QED) is 0.666. The molecule has 0 saturated heterocycles. The number of rotatable bonds is 7. The molecular formula is C12H26O2. The Morgan fingerprint density at radius 2 is 1.86 bits per heavy atom. The number of aliphatic hydroxyl groups is 2. The largest absolute Gasteiger partial charge is 0.393 e. The molecule has 0 saturated carbocycles. The highest BCUT2D eigenvalue weighted by Gasteiger charge is 2.19. The topological polar surface area (TPSA) is 40.5 Å². The molecule has 86 valence electrons. The van der Waals surface area contributed by atoms with Gasteiger partial charge in [0.15, 0.2) is 0 Å². The average Bonchev–Trinajstić information content (AvgIpc) is 2.12. The average molecular weight is 202 g/mol. The van der Waals surface area contributed by atoms with Gasteiger partial charge in [0.05, 0.1) is 11.7 Å².